The third-order valence-corrected chi connectivity index (χ3v) is 5.53. The van der Waals surface area contributed by atoms with Gasteiger partial charge in [-0.2, -0.15) is 4.39 Å². The van der Waals surface area contributed by atoms with E-state index in [2.05, 4.69) is 13.2 Å². The minimum absolute atomic E-state index is 0.0188. The highest BCUT2D eigenvalue weighted by molar-refractivity contribution is 5.72. The van der Waals surface area contributed by atoms with Crippen LogP contribution in [0, 0.1) is 11.6 Å². The first-order chi connectivity index (χ1) is 16.8. The van der Waals surface area contributed by atoms with Gasteiger partial charge in [-0.25, -0.2) is 13.2 Å². The number of hydrogen-bond donors (Lipinski definition) is 0. The van der Waals surface area contributed by atoms with E-state index < -0.39 is 23.3 Å². The van der Waals surface area contributed by atoms with Crippen LogP contribution in [-0.2, 0) is 11.2 Å². The number of halogens is 4. The summed E-state index contributed by atoms with van der Waals surface area (Å²) in [7, 11) is 1.53. The molecule has 0 fully saturated rings. The van der Waals surface area contributed by atoms with Crippen molar-refractivity contribution in [3.8, 4) is 28.0 Å². The second kappa shape index (κ2) is 11.6. The van der Waals surface area contributed by atoms with Crippen LogP contribution in [0.15, 0.2) is 96.8 Å². The molecule has 0 aliphatic heterocycles. The van der Waals surface area contributed by atoms with Crippen LogP contribution in [0.25, 0.3) is 22.3 Å². The van der Waals surface area contributed by atoms with E-state index in [0.717, 1.165) is 5.56 Å². The Morgan fingerprint density at radius 1 is 0.771 bits per heavy atom. The highest BCUT2D eigenvalue weighted by Gasteiger charge is 2.17. The molecule has 35 heavy (non-hydrogen) atoms. The van der Waals surface area contributed by atoms with Crippen molar-refractivity contribution < 1.29 is 27.0 Å². The van der Waals surface area contributed by atoms with Gasteiger partial charge in [-0.05, 0) is 54.2 Å². The molecule has 0 bridgehead atoms. The van der Waals surface area contributed by atoms with Gasteiger partial charge in [0.2, 0.25) is 0 Å². The fourth-order valence-electron chi connectivity index (χ4n) is 3.54. The van der Waals surface area contributed by atoms with Gasteiger partial charge in [-0.1, -0.05) is 61.7 Å². The third kappa shape index (κ3) is 6.01. The first kappa shape index (κ1) is 25.8. The van der Waals surface area contributed by atoms with Crippen molar-refractivity contribution in [1.29, 1.82) is 0 Å². The van der Waals surface area contributed by atoms with Crippen molar-refractivity contribution in [2.24, 2.45) is 0 Å². The molecule has 0 aromatic heterocycles. The van der Waals surface area contributed by atoms with Gasteiger partial charge in [0.05, 0.1) is 13.7 Å². The summed E-state index contributed by atoms with van der Waals surface area (Å²) in [6, 6.07) is 16.5. The van der Waals surface area contributed by atoms with Gasteiger partial charge in [0, 0.05) is 11.1 Å². The summed E-state index contributed by atoms with van der Waals surface area (Å²) >= 11 is 0. The zero-order valence-corrected chi connectivity index (χ0v) is 19.6. The number of allylic oxidation sites excluding steroid dienone is 3. The Hall–Kier alpha value is -3.80. The number of rotatable bonds is 10. The summed E-state index contributed by atoms with van der Waals surface area (Å²) in [6.07, 6.45) is 0.547. The zero-order chi connectivity index (χ0) is 25.5. The van der Waals surface area contributed by atoms with Crippen molar-refractivity contribution >= 4 is 0 Å². The van der Waals surface area contributed by atoms with Crippen molar-refractivity contribution in [3.63, 3.8) is 0 Å². The maximum Gasteiger partial charge on any atom is 0.200 e. The molecule has 6 heteroatoms. The zero-order valence-electron chi connectivity index (χ0n) is 19.6. The van der Waals surface area contributed by atoms with Gasteiger partial charge in [-0.3, -0.25) is 0 Å². The molecule has 0 amide bonds. The summed E-state index contributed by atoms with van der Waals surface area (Å²) in [4.78, 5) is 0. The van der Waals surface area contributed by atoms with Crippen LogP contribution >= 0.6 is 0 Å². The molecule has 0 N–H and O–H groups in total. The molecule has 3 aromatic carbocycles. The van der Waals surface area contributed by atoms with Gasteiger partial charge < -0.3 is 9.47 Å². The lowest BCUT2D eigenvalue weighted by molar-refractivity contribution is 0.224. The molecule has 0 aliphatic rings. The molecule has 0 aliphatic carbocycles. The second-order valence-electron chi connectivity index (χ2n) is 7.80. The average molecular weight is 483 g/mol. The molecule has 0 saturated carbocycles. The molecule has 0 heterocycles. The second-order valence-corrected chi connectivity index (χ2v) is 7.80. The van der Waals surface area contributed by atoms with Crippen LogP contribution in [0.4, 0.5) is 17.6 Å². The average Bonchev–Trinajstić information content (AvgIpc) is 2.88. The molecule has 0 atom stereocenters. The highest BCUT2D eigenvalue weighted by atomic mass is 19.2. The summed E-state index contributed by atoms with van der Waals surface area (Å²) in [5.74, 6) is -3.89. The SMILES string of the molecule is C=C(CCc1ccc(-c2ccc(-c3ccc(OC)cc3)c(F)c2F)cc1)/C(F)=C(/F)C(=C)OCC. The fraction of sp³-hybridized carbons (Fsp3) is 0.172. The minimum Gasteiger partial charge on any atom is -0.497 e. The number of hydrogen-bond acceptors (Lipinski definition) is 2. The van der Waals surface area contributed by atoms with E-state index in [1.54, 1.807) is 55.5 Å². The van der Waals surface area contributed by atoms with E-state index >= 15 is 0 Å². The maximum atomic E-state index is 14.9. The first-order valence-corrected chi connectivity index (χ1v) is 11.0. The maximum absolute atomic E-state index is 14.9. The summed E-state index contributed by atoms with van der Waals surface area (Å²) in [6.45, 7) is 8.76. The molecule has 0 radical (unpaired) electrons. The van der Waals surface area contributed by atoms with E-state index in [9.17, 15) is 17.6 Å². The Balaban J connectivity index is 1.73. The van der Waals surface area contributed by atoms with Crippen molar-refractivity contribution in [2.45, 2.75) is 19.8 Å². The van der Waals surface area contributed by atoms with Crippen molar-refractivity contribution in [1.82, 2.24) is 0 Å². The summed E-state index contributed by atoms with van der Waals surface area (Å²) in [5.41, 5.74) is 2.10. The highest BCUT2D eigenvalue weighted by Crippen LogP contribution is 2.32. The summed E-state index contributed by atoms with van der Waals surface area (Å²) in [5, 5.41) is 0. The minimum atomic E-state index is -1.16. The molecule has 0 saturated heterocycles. The van der Waals surface area contributed by atoms with E-state index in [4.69, 9.17) is 9.47 Å². The smallest absolute Gasteiger partial charge is 0.200 e. The number of methoxy groups -OCH3 is 1. The number of ether oxygens (including phenoxy) is 2. The standard InChI is InChI=1S/C29H26F4O2/c1-5-35-19(3)27(31)26(30)18(2)6-7-20-8-10-21(11-9-20)24-16-17-25(29(33)28(24)32)22-12-14-23(34-4)15-13-22/h8-17H,2-3,5-7H2,1,4H3/b27-26-. The van der Waals surface area contributed by atoms with Gasteiger partial charge >= 0.3 is 0 Å². The lowest BCUT2D eigenvalue weighted by Crippen LogP contribution is -1.96. The molecule has 0 spiro atoms. The first-order valence-electron chi connectivity index (χ1n) is 11.0. The monoisotopic (exact) mass is 482 g/mol. The third-order valence-electron chi connectivity index (χ3n) is 5.53. The summed E-state index contributed by atoms with van der Waals surface area (Å²) < 4.78 is 67.9. The van der Waals surface area contributed by atoms with Crippen molar-refractivity contribution in [2.75, 3.05) is 13.7 Å². The van der Waals surface area contributed by atoms with Crippen LogP contribution in [-0.4, -0.2) is 13.7 Å². The van der Waals surface area contributed by atoms with E-state index in [0.29, 0.717) is 23.3 Å². The van der Waals surface area contributed by atoms with E-state index in [1.165, 1.54) is 19.2 Å². The molecular formula is C29H26F4O2. The van der Waals surface area contributed by atoms with Crippen molar-refractivity contribution in [3.05, 3.63) is 114 Å². The molecule has 0 unspecified atom stereocenters. The quantitative estimate of drug-likeness (QED) is 0.164. The van der Waals surface area contributed by atoms with Gasteiger partial charge in [0.1, 0.15) is 5.75 Å². The van der Waals surface area contributed by atoms with Crippen LogP contribution < -0.4 is 4.74 Å². The number of benzene rings is 3. The fourth-order valence-corrected chi connectivity index (χ4v) is 3.54. The van der Waals surface area contributed by atoms with E-state index in [1.807, 2.05) is 0 Å². The van der Waals surface area contributed by atoms with Gasteiger partial charge in [0.25, 0.3) is 0 Å². The number of aryl methyl sites for hydroxylation is 1. The molecule has 2 nitrogen and oxygen atoms in total. The molecule has 3 aromatic rings. The molecule has 182 valence electrons. The van der Waals surface area contributed by atoms with Crippen LogP contribution in [0.1, 0.15) is 18.9 Å². The Kier molecular flexibility index (Phi) is 8.53. The van der Waals surface area contributed by atoms with Crippen LogP contribution in [0.3, 0.4) is 0 Å². The van der Waals surface area contributed by atoms with Crippen LogP contribution in [0.5, 0.6) is 5.75 Å². The van der Waals surface area contributed by atoms with Gasteiger partial charge in [-0.15, -0.1) is 0 Å². The predicted molar refractivity (Wildman–Crippen MR) is 131 cm³/mol. The molecule has 3 rings (SSSR count). The largest absolute Gasteiger partial charge is 0.497 e. The predicted octanol–water partition coefficient (Wildman–Crippen LogP) is 8.50. The Bertz CT molecular complexity index is 1240. The normalized spacial score (nSPS) is 11.6. The lowest BCUT2D eigenvalue weighted by atomic mass is 9.97. The van der Waals surface area contributed by atoms with Gasteiger partial charge in [0.15, 0.2) is 29.0 Å². The Morgan fingerprint density at radius 3 is 1.77 bits per heavy atom. The Labute approximate surface area is 202 Å². The topological polar surface area (TPSA) is 18.5 Å². The molecular weight excluding hydrogens is 456 g/mol. The van der Waals surface area contributed by atoms with E-state index in [-0.39, 0.29) is 35.5 Å². The van der Waals surface area contributed by atoms with Crippen LogP contribution in [0.2, 0.25) is 0 Å². The lowest BCUT2D eigenvalue weighted by Gasteiger charge is -2.11. The Morgan fingerprint density at radius 2 is 1.29 bits per heavy atom.